The highest BCUT2D eigenvalue weighted by molar-refractivity contribution is 8.03. The molecular weight excluding hydrogens is 290 g/mol. The van der Waals surface area contributed by atoms with Crippen molar-refractivity contribution in [3.8, 4) is 0 Å². The van der Waals surface area contributed by atoms with Crippen LogP contribution in [-0.4, -0.2) is 0 Å². The summed E-state index contributed by atoms with van der Waals surface area (Å²) in [7, 11) is 0. The first-order valence-corrected chi connectivity index (χ1v) is 6.77. The molecule has 92 valence electrons. The molecule has 0 aromatic heterocycles. The van der Waals surface area contributed by atoms with Gasteiger partial charge in [0.25, 0.3) is 0 Å². The van der Waals surface area contributed by atoms with E-state index >= 15 is 0 Å². The van der Waals surface area contributed by atoms with Gasteiger partial charge in [-0.2, -0.15) is 4.39 Å². The molecule has 0 bridgehead atoms. The molecular formula is C14H9Cl2FS. The fourth-order valence-electron chi connectivity index (χ4n) is 1.41. The zero-order valence-corrected chi connectivity index (χ0v) is 11.6. The molecule has 0 N–H and O–H groups in total. The van der Waals surface area contributed by atoms with Gasteiger partial charge < -0.3 is 0 Å². The Morgan fingerprint density at radius 2 is 1.61 bits per heavy atom. The predicted molar refractivity (Wildman–Crippen MR) is 77.8 cm³/mol. The third-order valence-corrected chi connectivity index (χ3v) is 3.35. The number of hydrogen-bond donors (Lipinski definition) is 0. The normalized spacial score (nSPS) is 11.6. The topological polar surface area (TPSA) is 0 Å². The minimum Gasteiger partial charge on any atom is -0.199 e. The van der Waals surface area contributed by atoms with Gasteiger partial charge >= 0.3 is 0 Å². The summed E-state index contributed by atoms with van der Waals surface area (Å²) in [6.45, 7) is 0. The Labute approximate surface area is 119 Å². The van der Waals surface area contributed by atoms with Gasteiger partial charge in [0, 0.05) is 14.9 Å². The Morgan fingerprint density at radius 1 is 1.00 bits per heavy atom. The molecule has 0 heterocycles. The van der Waals surface area contributed by atoms with Crippen molar-refractivity contribution in [1.29, 1.82) is 0 Å². The predicted octanol–water partition coefficient (Wildman–Crippen LogP) is 6.05. The van der Waals surface area contributed by atoms with Crippen molar-refractivity contribution < 1.29 is 4.39 Å². The number of thioether (sulfide) groups is 1. The summed E-state index contributed by atoms with van der Waals surface area (Å²) in [5.41, 5.74) is 0.815. The van der Waals surface area contributed by atoms with Gasteiger partial charge in [0.1, 0.15) is 0 Å². The van der Waals surface area contributed by atoms with Crippen LogP contribution in [0.3, 0.4) is 0 Å². The van der Waals surface area contributed by atoms with E-state index in [-0.39, 0.29) is 5.16 Å². The van der Waals surface area contributed by atoms with Gasteiger partial charge in [0.2, 0.25) is 0 Å². The summed E-state index contributed by atoms with van der Waals surface area (Å²) in [6.07, 6.45) is 1.47. The first-order chi connectivity index (χ1) is 8.63. The van der Waals surface area contributed by atoms with Crippen LogP contribution in [0.1, 0.15) is 5.56 Å². The van der Waals surface area contributed by atoms with Crippen LogP contribution in [0.2, 0.25) is 10.0 Å². The lowest BCUT2D eigenvalue weighted by Gasteiger charge is -2.01. The third kappa shape index (κ3) is 4.05. The zero-order valence-electron chi connectivity index (χ0n) is 9.24. The van der Waals surface area contributed by atoms with Crippen molar-refractivity contribution in [1.82, 2.24) is 0 Å². The summed E-state index contributed by atoms with van der Waals surface area (Å²) < 4.78 is 13.8. The highest BCUT2D eigenvalue weighted by Crippen LogP contribution is 2.32. The highest BCUT2D eigenvalue weighted by Gasteiger charge is 2.03. The van der Waals surface area contributed by atoms with E-state index in [4.69, 9.17) is 23.2 Å². The van der Waals surface area contributed by atoms with Crippen LogP contribution < -0.4 is 0 Å². The lowest BCUT2D eigenvalue weighted by atomic mass is 10.2. The molecule has 0 saturated heterocycles. The molecule has 0 atom stereocenters. The molecule has 2 aromatic rings. The fourth-order valence-corrected chi connectivity index (χ4v) is 2.86. The second kappa shape index (κ2) is 6.28. The molecule has 0 aliphatic heterocycles. The summed E-state index contributed by atoms with van der Waals surface area (Å²) >= 11 is 12.7. The molecule has 0 fully saturated rings. The summed E-state index contributed by atoms with van der Waals surface area (Å²) in [4.78, 5) is 0.678. The first kappa shape index (κ1) is 13.5. The largest absolute Gasteiger partial charge is 0.199 e. The van der Waals surface area contributed by atoms with E-state index in [0.717, 1.165) is 17.3 Å². The summed E-state index contributed by atoms with van der Waals surface area (Å²) in [5.74, 6) is 0. The van der Waals surface area contributed by atoms with E-state index in [1.807, 2.05) is 30.3 Å². The fraction of sp³-hybridized carbons (Fsp3) is 0. The van der Waals surface area contributed by atoms with Crippen LogP contribution in [0.25, 0.3) is 6.08 Å². The number of rotatable bonds is 3. The van der Waals surface area contributed by atoms with Gasteiger partial charge in [0.05, 0.1) is 0 Å². The van der Waals surface area contributed by atoms with Gasteiger partial charge in [-0.3, -0.25) is 0 Å². The molecule has 0 unspecified atom stereocenters. The summed E-state index contributed by atoms with van der Waals surface area (Å²) in [6, 6.07) is 14.3. The third-order valence-electron chi connectivity index (χ3n) is 2.13. The van der Waals surface area contributed by atoms with Crippen LogP contribution in [0, 0.1) is 0 Å². The van der Waals surface area contributed by atoms with Gasteiger partial charge in [0.15, 0.2) is 5.16 Å². The zero-order chi connectivity index (χ0) is 13.0. The van der Waals surface area contributed by atoms with Crippen LogP contribution in [0.4, 0.5) is 4.39 Å². The van der Waals surface area contributed by atoms with Gasteiger partial charge in [-0.1, -0.05) is 65.3 Å². The van der Waals surface area contributed by atoms with Crippen molar-refractivity contribution in [2.45, 2.75) is 4.90 Å². The summed E-state index contributed by atoms with van der Waals surface area (Å²) in [5, 5.41) is 0.689. The maximum absolute atomic E-state index is 13.8. The monoisotopic (exact) mass is 298 g/mol. The average Bonchev–Trinajstić information content (AvgIpc) is 2.28. The molecule has 0 radical (unpaired) electrons. The van der Waals surface area contributed by atoms with E-state index in [1.165, 1.54) is 6.08 Å². The molecule has 0 nitrogen and oxygen atoms in total. The molecule has 18 heavy (non-hydrogen) atoms. The van der Waals surface area contributed by atoms with Gasteiger partial charge in [-0.25, -0.2) is 0 Å². The van der Waals surface area contributed by atoms with E-state index < -0.39 is 0 Å². The van der Waals surface area contributed by atoms with E-state index in [2.05, 4.69) is 0 Å². The molecule has 2 rings (SSSR count). The van der Waals surface area contributed by atoms with E-state index in [0.29, 0.717) is 14.9 Å². The molecule has 4 heteroatoms. The Balaban J connectivity index is 2.16. The van der Waals surface area contributed by atoms with Crippen molar-refractivity contribution in [2.24, 2.45) is 0 Å². The molecule has 0 amide bonds. The van der Waals surface area contributed by atoms with Gasteiger partial charge in [-0.05, 0) is 29.8 Å². The standard InChI is InChI=1S/C14H9Cl2FS/c15-11-7-12(16)9-13(8-11)18-14(17)6-10-4-2-1-3-5-10/h1-9H. The molecule has 2 aromatic carbocycles. The SMILES string of the molecule is FC(=Cc1ccccc1)Sc1cc(Cl)cc(Cl)c1. The highest BCUT2D eigenvalue weighted by atomic mass is 35.5. The van der Waals surface area contributed by atoms with E-state index in [1.54, 1.807) is 18.2 Å². The molecule has 0 spiro atoms. The molecule has 0 aliphatic rings. The van der Waals surface area contributed by atoms with Crippen LogP contribution in [-0.2, 0) is 0 Å². The molecule has 0 aliphatic carbocycles. The Kier molecular flexibility index (Phi) is 4.70. The van der Waals surface area contributed by atoms with Crippen LogP contribution >= 0.6 is 35.0 Å². The number of hydrogen-bond acceptors (Lipinski definition) is 1. The Hall–Kier alpha value is -0.960. The number of halogens is 3. The maximum atomic E-state index is 13.8. The number of benzene rings is 2. The van der Waals surface area contributed by atoms with Crippen molar-refractivity contribution in [3.05, 3.63) is 69.3 Å². The van der Waals surface area contributed by atoms with Crippen molar-refractivity contribution in [2.75, 3.05) is 0 Å². The minimum atomic E-state index is -0.306. The Morgan fingerprint density at radius 3 is 2.22 bits per heavy atom. The molecule has 0 saturated carbocycles. The van der Waals surface area contributed by atoms with Crippen LogP contribution in [0.5, 0.6) is 0 Å². The van der Waals surface area contributed by atoms with Crippen molar-refractivity contribution >= 4 is 41.0 Å². The van der Waals surface area contributed by atoms with Crippen LogP contribution in [0.15, 0.2) is 58.6 Å². The minimum absolute atomic E-state index is 0.306. The quantitative estimate of drug-likeness (QED) is 0.621. The average molecular weight is 299 g/mol. The first-order valence-electron chi connectivity index (χ1n) is 5.20. The Bertz CT molecular complexity index is 547. The van der Waals surface area contributed by atoms with Crippen molar-refractivity contribution in [3.63, 3.8) is 0 Å². The lowest BCUT2D eigenvalue weighted by Crippen LogP contribution is -1.75. The van der Waals surface area contributed by atoms with E-state index in [9.17, 15) is 4.39 Å². The second-order valence-corrected chi connectivity index (χ2v) is 5.50. The smallest absolute Gasteiger partial charge is 0.161 e. The van der Waals surface area contributed by atoms with Gasteiger partial charge in [-0.15, -0.1) is 0 Å². The lowest BCUT2D eigenvalue weighted by molar-refractivity contribution is 0.706. The maximum Gasteiger partial charge on any atom is 0.161 e. The second-order valence-electron chi connectivity index (χ2n) is 3.57.